The fraction of sp³-hybridized carbons (Fsp3) is 0.312. The molecule has 0 amide bonds. The molecule has 0 spiro atoms. The average Bonchev–Trinajstić information content (AvgIpc) is 2.38. The fourth-order valence-corrected chi connectivity index (χ4v) is 2.15. The molecule has 0 aliphatic rings. The second-order valence-corrected chi connectivity index (χ2v) is 4.96. The zero-order valence-corrected chi connectivity index (χ0v) is 10.8. The molecule has 2 rings (SSSR count). The van der Waals surface area contributed by atoms with Crippen molar-refractivity contribution in [3.8, 4) is 0 Å². The molecular formula is C16H18O2. The van der Waals surface area contributed by atoms with Gasteiger partial charge in [0.05, 0.1) is 6.61 Å². The summed E-state index contributed by atoms with van der Waals surface area (Å²) in [5.74, 6) is -0.140. The van der Waals surface area contributed by atoms with Crippen LogP contribution in [0.25, 0.3) is 10.8 Å². The molecule has 2 heteroatoms. The lowest BCUT2D eigenvalue weighted by Gasteiger charge is -2.17. The molecule has 1 N–H and O–H groups in total. The Hall–Kier alpha value is -1.67. The topological polar surface area (TPSA) is 37.3 Å². The van der Waals surface area contributed by atoms with Crippen molar-refractivity contribution in [1.82, 2.24) is 0 Å². The Morgan fingerprint density at radius 2 is 1.78 bits per heavy atom. The smallest absolute Gasteiger partial charge is 0.168 e. The maximum atomic E-state index is 12.3. The van der Waals surface area contributed by atoms with Crippen LogP contribution in [-0.2, 0) is 0 Å². The normalized spacial score (nSPS) is 12.9. The minimum absolute atomic E-state index is 0.0262. The molecule has 0 aliphatic carbocycles. The molecular weight excluding hydrogens is 224 g/mol. The van der Waals surface area contributed by atoms with Crippen molar-refractivity contribution >= 4 is 16.6 Å². The van der Waals surface area contributed by atoms with Crippen LogP contribution < -0.4 is 0 Å². The van der Waals surface area contributed by atoms with Gasteiger partial charge in [-0.15, -0.1) is 0 Å². The van der Waals surface area contributed by atoms with Crippen molar-refractivity contribution in [1.29, 1.82) is 0 Å². The van der Waals surface area contributed by atoms with E-state index >= 15 is 0 Å². The van der Waals surface area contributed by atoms with Gasteiger partial charge in [0.2, 0.25) is 0 Å². The summed E-state index contributed by atoms with van der Waals surface area (Å²) in [6, 6.07) is 13.7. The van der Waals surface area contributed by atoms with Gasteiger partial charge in [-0.25, -0.2) is 0 Å². The third-order valence-electron chi connectivity index (χ3n) is 3.37. The first-order chi connectivity index (χ1) is 8.63. The quantitative estimate of drug-likeness (QED) is 0.835. The lowest BCUT2D eigenvalue weighted by atomic mass is 9.88. The Balaban J connectivity index is 2.38. The van der Waals surface area contributed by atoms with Gasteiger partial charge in [0.15, 0.2) is 5.78 Å². The molecule has 2 nitrogen and oxygen atoms in total. The SMILES string of the molecule is CC(C)C(CO)C(=O)c1ccc2ccccc2c1. The summed E-state index contributed by atoms with van der Waals surface area (Å²) in [6.45, 7) is 3.82. The summed E-state index contributed by atoms with van der Waals surface area (Å²) in [6.07, 6.45) is 0. The summed E-state index contributed by atoms with van der Waals surface area (Å²) in [7, 11) is 0. The van der Waals surface area contributed by atoms with E-state index in [1.165, 1.54) is 0 Å². The third kappa shape index (κ3) is 2.44. The van der Waals surface area contributed by atoms with Crippen LogP contribution in [0.5, 0.6) is 0 Å². The van der Waals surface area contributed by atoms with E-state index in [0.29, 0.717) is 5.56 Å². The number of aliphatic hydroxyl groups is 1. The van der Waals surface area contributed by atoms with Crippen molar-refractivity contribution in [3.63, 3.8) is 0 Å². The highest BCUT2D eigenvalue weighted by Crippen LogP contribution is 2.21. The van der Waals surface area contributed by atoms with E-state index in [-0.39, 0.29) is 24.2 Å². The zero-order valence-electron chi connectivity index (χ0n) is 10.8. The molecule has 0 fully saturated rings. The minimum atomic E-state index is -0.314. The third-order valence-corrected chi connectivity index (χ3v) is 3.37. The van der Waals surface area contributed by atoms with Crippen LogP contribution in [0, 0.1) is 11.8 Å². The van der Waals surface area contributed by atoms with Crippen molar-refractivity contribution in [2.75, 3.05) is 6.61 Å². The Morgan fingerprint density at radius 3 is 2.39 bits per heavy atom. The number of ketones is 1. The van der Waals surface area contributed by atoms with Crippen molar-refractivity contribution in [2.45, 2.75) is 13.8 Å². The van der Waals surface area contributed by atoms with Gasteiger partial charge >= 0.3 is 0 Å². The van der Waals surface area contributed by atoms with E-state index in [2.05, 4.69) is 0 Å². The van der Waals surface area contributed by atoms with Crippen LogP contribution in [0.4, 0.5) is 0 Å². The first kappa shape index (κ1) is 12.8. The average molecular weight is 242 g/mol. The lowest BCUT2D eigenvalue weighted by Crippen LogP contribution is -2.24. The monoisotopic (exact) mass is 242 g/mol. The molecule has 1 unspecified atom stereocenters. The predicted molar refractivity (Wildman–Crippen MR) is 73.7 cm³/mol. The maximum absolute atomic E-state index is 12.3. The first-order valence-corrected chi connectivity index (χ1v) is 6.27. The summed E-state index contributed by atoms with van der Waals surface area (Å²) >= 11 is 0. The number of carbonyl (C=O) groups is 1. The van der Waals surface area contributed by atoms with Gasteiger partial charge in [0.1, 0.15) is 0 Å². The number of aliphatic hydroxyl groups excluding tert-OH is 1. The molecule has 2 aromatic carbocycles. The number of benzene rings is 2. The van der Waals surface area contributed by atoms with E-state index in [9.17, 15) is 9.90 Å². The molecule has 18 heavy (non-hydrogen) atoms. The Kier molecular flexibility index (Phi) is 3.78. The molecule has 0 aliphatic heterocycles. The largest absolute Gasteiger partial charge is 0.396 e. The number of fused-ring (bicyclic) bond motifs is 1. The highest BCUT2D eigenvalue weighted by molar-refractivity contribution is 6.01. The number of hydrogen-bond acceptors (Lipinski definition) is 2. The molecule has 0 radical (unpaired) electrons. The number of hydrogen-bond donors (Lipinski definition) is 1. The summed E-state index contributed by atoms with van der Waals surface area (Å²) in [4.78, 5) is 12.3. The molecule has 0 saturated carbocycles. The minimum Gasteiger partial charge on any atom is -0.396 e. The van der Waals surface area contributed by atoms with Gasteiger partial charge in [-0.1, -0.05) is 50.2 Å². The van der Waals surface area contributed by atoms with Crippen LogP contribution in [0.15, 0.2) is 42.5 Å². The summed E-state index contributed by atoms with van der Waals surface area (Å²) in [5, 5.41) is 11.5. The van der Waals surface area contributed by atoms with E-state index in [1.54, 1.807) is 0 Å². The van der Waals surface area contributed by atoms with Gasteiger partial charge in [-0.3, -0.25) is 4.79 Å². The fourth-order valence-electron chi connectivity index (χ4n) is 2.15. The molecule has 0 heterocycles. The van der Waals surface area contributed by atoms with Crippen molar-refractivity contribution < 1.29 is 9.90 Å². The van der Waals surface area contributed by atoms with Crippen LogP contribution in [0.3, 0.4) is 0 Å². The van der Waals surface area contributed by atoms with Gasteiger partial charge in [-0.05, 0) is 22.8 Å². The summed E-state index contributed by atoms with van der Waals surface area (Å²) in [5.41, 5.74) is 0.682. The molecule has 1 atom stereocenters. The second kappa shape index (κ2) is 5.32. The molecule has 0 bridgehead atoms. The molecule has 94 valence electrons. The standard InChI is InChI=1S/C16H18O2/c1-11(2)15(10-17)16(18)14-8-7-12-5-3-4-6-13(12)9-14/h3-9,11,15,17H,10H2,1-2H3. The Morgan fingerprint density at radius 1 is 1.11 bits per heavy atom. The van der Waals surface area contributed by atoms with Crippen molar-refractivity contribution in [2.24, 2.45) is 11.8 Å². The van der Waals surface area contributed by atoms with Crippen LogP contribution in [0.1, 0.15) is 24.2 Å². The lowest BCUT2D eigenvalue weighted by molar-refractivity contribution is 0.0807. The number of Topliss-reactive ketones (excluding diaryl/α,β-unsaturated/α-hetero) is 1. The zero-order chi connectivity index (χ0) is 13.1. The molecule has 0 aromatic heterocycles. The van der Waals surface area contributed by atoms with Gasteiger partial charge < -0.3 is 5.11 Å². The number of carbonyl (C=O) groups excluding carboxylic acids is 1. The maximum Gasteiger partial charge on any atom is 0.168 e. The van der Waals surface area contributed by atoms with Gasteiger partial charge in [0, 0.05) is 11.5 Å². The molecule has 2 aromatic rings. The Bertz CT molecular complexity index is 558. The van der Waals surface area contributed by atoms with Gasteiger partial charge in [0.25, 0.3) is 0 Å². The van der Waals surface area contributed by atoms with Crippen LogP contribution in [0.2, 0.25) is 0 Å². The van der Waals surface area contributed by atoms with Crippen molar-refractivity contribution in [3.05, 3.63) is 48.0 Å². The van der Waals surface area contributed by atoms with Crippen LogP contribution >= 0.6 is 0 Å². The second-order valence-electron chi connectivity index (χ2n) is 4.96. The first-order valence-electron chi connectivity index (χ1n) is 6.27. The van der Waals surface area contributed by atoms with Gasteiger partial charge in [-0.2, -0.15) is 0 Å². The van der Waals surface area contributed by atoms with Crippen LogP contribution in [-0.4, -0.2) is 17.5 Å². The van der Waals surface area contributed by atoms with E-state index in [4.69, 9.17) is 0 Å². The highest BCUT2D eigenvalue weighted by atomic mass is 16.3. The summed E-state index contributed by atoms with van der Waals surface area (Å²) < 4.78 is 0. The Labute approximate surface area is 107 Å². The van der Waals surface area contributed by atoms with E-state index in [1.807, 2.05) is 56.3 Å². The highest BCUT2D eigenvalue weighted by Gasteiger charge is 2.22. The van der Waals surface area contributed by atoms with E-state index in [0.717, 1.165) is 10.8 Å². The molecule has 0 saturated heterocycles. The predicted octanol–water partition coefficient (Wildman–Crippen LogP) is 3.29. The number of rotatable bonds is 4. The van der Waals surface area contributed by atoms with E-state index < -0.39 is 0 Å².